The molecule has 0 fully saturated rings. The van der Waals surface area contributed by atoms with Crippen molar-refractivity contribution in [3.63, 3.8) is 0 Å². The van der Waals surface area contributed by atoms with Crippen LogP contribution in [0, 0.1) is 10.1 Å². The summed E-state index contributed by atoms with van der Waals surface area (Å²) in [5, 5.41) is 13.6. The number of carbonyl (C=O) groups excluding carboxylic acids is 1. The second kappa shape index (κ2) is 15.9. The second-order valence-corrected chi connectivity index (χ2v) is 0.640. The summed E-state index contributed by atoms with van der Waals surface area (Å²) in [7, 11) is 0. The first kappa shape index (κ1) is 22.6. The molecule has 8 nitrogen and oxygen atoms in total. The fourth-order valence-electron chi connectivity index (χ4n) is 0. The van der Waals surface area contributed by atoms with Crippen LogP contribution in [0.1, 0.15) is 2.85 Å². The van der Waals surface area contributed by atoms with E-state index in [9.17, 15) is 0 Å². The first-order valence-electron chi connectivity index (χ1n) is 1.35. The van der Waals surface area contributed by atoms with Gasteiger partial charge in [0.2, 0.25) is 0 Å². The van der Waals surface area contributed by atoms with Crippen LogP contribution >= 0.6 is 0 Å². The van der Waals surface area contributed by atoms with E-state index < -0.39 is 11.1 Å². The van der Waals surface area contributed by atoms with Crippen LogP contribution in [-0.4, -0.2) is 54.1 Å². The third-order valence-corrected chi connectivity index (χ3v) is 0. The summed E-state index contributed by atoms with van der Waals surface area (Å²) in [5.41, 5.74) is 8.50. The van der Waals surface area contributed by atoms with Crippen LogP contribution in [0.3, 0.4) is 0 Å². The van der Waals surface area contributed by atoms with Crippen molar-refractivity contribution in [1.29, 1.82) is 0 Å². The molecule has 60 valence electrons. The van der Waals surface area contributed by atoms with E-state index in [1.807, 2.05) is 0 Å². The van der Waals surface area contributed by atoms with Gasteiger partial charge in [-0.2, -0.15) is 0 Å². The van der Waals surface area contributed by atoms with E-state index in [0.29, 0.717) is 0 Å². The van der Waals surface area contributed by atoms with Gasteiger partial charge < -0.3 is 25.7 Å². The van der Waals surface area contributed by atoms with Crippen LogP contribution < -0.4 is 17.6 Å². The fourth-order valence-corrected chi connectivity index (χ4v) is 0. The zero-order chi connectivity index (χ0) is 7.15. The van der Waals surface area contributed by atoms with Gasteiger partial charge in [-0.25, -0.2) is 4.79 Å². The largest absolute Gasteiger partial charge is 2.00 e. The number of rotatable bonds is 0. The average molecular weight is 182 g/mol. The number of hydrogen-bond donors (Lipinski definition) is 4. The quantitative estimate of drug-likeness (QED) is 0.206. The van der Waals surface area contributed by atoms with Crippen molar-refractivity contribution in [1.82, 2.24) is 6.15 Å². The molecule has 0 aromatic heterocycles. The molecule has 10 heavy (non-hydrogen) atoms. The Labute approximate surface area is 89.2 Å². The van der Waals surface area contributed by atoms with E-state index in [2.05, 4.69) is 11.5 Å². The molecule has 0 aromatic rings. The molecule has 0 unspecified atom stereocenters. The van der Waals surface area contributed by atoms with E-state index in [1.165, 1.54) is 0 Å². The van der Waals surface area contributed by atoms with Gasteiger partial charge in [0.15, 0.2) is 0 Å². The van der Waals surface area contributed by atoms with Crippen LogP contribution in [0.25, 0.3) is 0 Å². The minimum Gasteiger partial charge on any atom is -1.00 e. The SMILES string of the molecule is N.NC(N)=O.O=[N+]([O-])O.[Ca+2].[H-].[H-]. The summed E-state index contributed by atoms with van der Waals surface area (Å²) in [6.45, 7) is 0. The maximum atomic E-state index is 9.00. The van der Waals surface area contributed by atoms with E-state index >= 15 is 0 Å². The van der Waals surface area contributed by atoms with Crippen molar-refractivity contribution >= 4 is 43.8 Å². The van der Waals surface area contributed by atoms with Crippen molar-refractivity contribution in [2.24, 2.45) is 11.5 Å². The topological polar surface area (TPSA) is 167 Å². The van der Waals surface area contributed by atoms with E-state index in [4.69, 9.17) is 20.1 Å². The Bertz CT molecular complexity index is 83.1. The summed E-state index contributed by atoms with van der Waals surface area (Å²) in [4.78, 5) is 17.4. The van der Waals surface area contributed by atoms with Crippen LogP contribution in [0.4, 0.5) is 4.79 Å². The predicted molar refractivity (Wildman–Crippen MR) is 35.6 cm³/mol. The number of hydrogen-bond acceptors (Lipinski definition) is 4. The second-order valence-electron chi connectivity index (χ2n) is 0.640. The third kappa shape index (κ3) is 3580. The van der Waals surface area contributed by atoms with Gasteiger partial charge in [-0.1, -0.05) is 0 Å². The molecule has 0 aliphatic heterocycles. The minimum atomic E-state index is -1.50. The normalized spacial score (nSPS) is 4.80. The number of carbonyl (C=O) groups is 1. The molecule has 0 saturated heterocycles. The summed E-state index contributed by atoms with van der Waals surface area (Å²) >= 11 is 0. The maximum absolute atomic E-state index is 9.00. The number of nitrogens with zero attached hydrogens (tertiary/aromatic N) is 1. The van der Waals surface area contributed by atoms with E-state index in [1.54, 1.807) is 0 Å². The number of primary amides is 2. The summed E-state index contributed by atoms with van der Waals surface area (Å²) in [6.07, 6.45) is 0. The molecule has 0 radical (unpaired) electrons. The van der Waals surface area contributed by atoms with Crippen molar-refractivity contribution < 1.29 is 17.9 Å². The molecular weight excluding hydrogens is 172 g/mol. The Morgan fingerprint density at radius 2 is 1.60 bits per heavy atom. The molecule has 0 aliphatic rings. The molecule has 0 aromatic carbocycles. The molecule has 8 N–H and O–H groups in total. The Morgan fingerprint density at radius 3 is 1.60 bits per heavy atom. The zero-order valence-corrected chi connectivity index (χ0v) is 7.40. The molecule has 0 spiro atoms. The monoisotopic (exact) mass is 182 g/mol. The fraction of sp³-hybridized carbons (Fsp3) is 0. The number of nitrogens with two attached hydrogens (primary N) is 2. The Morgan fingerprint density at radius 1 is 1.60 bits per heavy atom. The molecule has 9 heteroatoms. The molecule has 2 amide bonds. The Balaban J connectivity index is -0.0000000112. The van der Waals surface area contributed by atoms with Crippen molar-refractivity contribution in [3.05, 3.63) is 10.1 Å². The van der Waals surface area contributed by atoms with E-state index in [-0.39, 0.29) is 46.7 Å². The molecule has 0 saturated carbocycles. The van der Waals surface area contributed by atoms with Crippen LogP contribution in [-0.2, 0) is 0 Å². The first-order chi connectivity index (χ1) is 3.46. The first-order valence-corrected chi connectivity index (χ1v) is 1.35. The maximum Gasteiger partial charge on any atom is 2.00 e. The molecule has 0 atom stereocenters. The van der Waals surface area contributed by atoms with Gasteiger partial charge in [0, 0.05) is 0 Å². The summed E-state index contributed by atoms with van der Waals surface area (Å²) in [6, 6.07) is -0.833. The summed E-state index contributed by atoms with van der Waals surface area (Å²) < 4.78 is 0. The summed E-state index contributed by atoms with van der Waals surface area (Å²) in [5.74, 6) is 0. The average Bonchev–Trinajstić information content (AvgIpc) is 1.25. The van der Waals surface area contributed by atoms with Gasteiger partial charge in [0.25, 0.3) is 5.09 Å². The predicted octanol–water partition coefficient (Wildman–Crippen LogP) is -1.32. The van der Waals surface area contributed by atoms with Gasteiger partial charge in [-0.05, 0) is 0 Å². The van der Waals surface area contributed by atoms with Gasteiger partial charge >= 0.3 is 43.8 Å². The van der Waals surface area contributed by atoms with Crippen molar-refractivity contribution in [3.8, 4) is 0 Å². The number of amides is 2. The van der Waals surface area contributed by atoms with Gasteiger partial charge in [0.1, 0.15) is 0 Å². The number of urea groups is 1. The third-order valence-electron chi connectivity index (χ3n) is 0. The van der Waals surface area contributed by atoms with Gasteiger partial charge in [0.05, 0.1) is 0 Å². The van der Waals surface area contributed by atoms with E-state index in [0.717, 1.165) is 0 Å². The molecular formula is CH10CaN4O4. The van der Waals surface area contributed by atoms with Crippen molar-refractivity contribution in [2.45, 2.75) is 0 Å². The smallest absolute Gasteiger partial charge is 1.00 e. The van der Waals surface area contributed by atoms with Gasteiger partial charge in [-0.15, -0.1) is 10.1 Å². The molecule has 0 heterocycles. The molecule has 0 bridgehead atoms. The zero-order valence-electron chi connectivity index (χ0n) is 7.19. The standard InChI is InChI=1S/CH4N2O.Ca.HNO3.H3N.2H/c2-1(3)4;;2-1(3)4;;;/h(H4,2,3,4);;(H,2,3,4);1H3;;/q;+2;;;2*-1. The Hall–Kier alpha value is -0.310. The molecule has 0 rings (SSSR count). The Kier molecular flexibility index (Phi) is 35.9. The molecule has 0 aliphatic carbocycles. The van der Waals surface area contributed by atoms with Crippen LogP contribution in [0.15, 0.2) is 0 Å². The van der Waals surface area contributed by atoms with Gasteiger partial charge in [-0.3, -0.25) is 0 Å². The minimum absolute atomic E-state index is 0. The van der Waals surface area contributed by atoms with Crippen LogP contribution in [0.2, 0.25) is 0 Å². The van der Waals surface area contributed by atoms with Crippen LogP contribution in [0.5, 0.6) is 0 Å². The van der Waals surface area contributed by atoms with Crippen molar-refractivity contribution in [2.75, 3.05) is 0 Å².